The van der Waals surface area contributed by atoms with Crippen LogP contribution in [0.25, 0.3) is 22.6 Å². The quantitative estimate of drug-likeness (QED) is 0.579. The molecular weight excluding hydrogens is 432 g/mol. The lowest BCUT2D eigenvalue weighted by atomic mass is 9.85. The minimum absolute atomic E-state index is 0.0371. The van der Waals surface area contributed by atoms with E-state index in [4.69, 9.17) is 14.5 Å². The predicted molar refractivity (Wildman–Crippen MR) is 131 cm³/mol. The molecule has 1 aromatic carbocycles. The molecule has 1 aliphatic carbocycles. The van der Waals surface area contributed by atoms with Crippen molar-refractivity contribution in [3.63, 3.8) is 0 Å². The number of benzene rings is 1. The van der Waals surface area contributed by atoms with Gasteiger partial charge in [-0.05, 0) is 38.2 Å². The van der Waals surface area contributed by atoms with Gasteiger partial charge in [0.2, 0.25) is 5.91 Å². The molecule has 0 saturated carbocycles. The van der Waals surface area contributed by atoms with Crippen molar-refractivity contribution in [1.29, 1.82) is 0 Å². The van der Waals surface area contributed by atoms with Crippen LogP contribution in [-0.2, 0) is 22.4 Å². The van der Waals surface area contributed by atoms with Crippen LogP contribution in [0.1, 0.15) is 37.9 Å². The number of rotatable bonds is 6. The Morgan fingerprint density at radius 2 is 2.15 bits per heavy atom. The lowest BCUT2D eigenvalue weighted by molar-refractivity contribution is -0.124. The van der Waals surface area contributed by atoms with Crippen LogP contribution in [0.5, 0.6) is 5.75 Å². The van der Waals surface area contributed by atoms with Crippen LogP contribution in [0.4, 0.5) is 5.69 Å². The Bertz CT molecular complexity index is 1180. The zero-order chi connectivity index (χ0) is 23.8. The molecule has 1 fully saturated rings. The summed E-state index contributed by atoms with van der Waals surface area (Å²) >= 11 is 0. The number of methoxy groups -OCH3 is 1. The molecule has 9 heteroatoms. The average molecular weight is 467 g/mol. The molecule has 2 aromatic heterocycles. The molecule has 1 saturated heterocycles. The smallest absolute Gasteiger partial charge is 0.243 e. The summed E-state index contributed by atoms with van der Waals surface area (Å²) in [7, 11) is 3.44. The summed E-state index contributed by atoms with van der Waals surface area (Å²) in [6.45, 7) is 7.06. The van der Waals surface area contributed by atoms with Gasteiger partial charge in [-0.25, -0.2) is 4.98 Å². The van der Waals surface area contributed by atoms with Crippen molar-refractivity contribution in [2.24, 2.45) is 5.92 Å². The van der Waals surface area contributed by atoms with Gasteiger partial charge in [0.15, 0.2) is 5.82 Å². The Morgan fingerprint density at radius 1 is 1.35 bits per heavy atom. The van der Waals surface area contributed by atoms with Crippen molar-refractivity contribution in [2.75, 3.05) is 45.4 Å². The van der Waals surface area contributed by atoms with Crippen LogP contribution in [0, 0.1) is 5.92 Å². The molecule has 5 rings (SSSR count). The summed E-state index contributed by atoms with van der Waals surface area (Å²) in [5.41, 5.74) is 5.70. The topological polar surface area (TPSA) is 99.4 Å². The van der Waals surface area contributed by atoms with Crippen molar-refractivity contribution in [2.45, 2.75) is 45.6 Å². The molecule has 0 bridgehead atoms. The van der Waals surface area contributed by atoms with Crippen molar-refractivity contribution in [3.8, 4) is 17.3 Å². The molecule has 0 spiro atoms. The largest absolute Gasteiger partial charge is 0.494 e. The Morgan fingerprint density at radius 3 is 2.88 bits per heavy atom. The highest BCUT2D eigenvalue weighted by Gasteiger charge is 2.28. The number of carbonyl (C=O) groups is 1. The first kappa shape index (κ1) is 22.9. The fourth-order valence-corrected chi connectivity index (χ4v) is 5.17. The fraction of sp³-hybridized carbons (Fsp3) is 0.560. The molecule has 182 valence electrons. The van der Waals surface area contributed by atoms with Gasteiger partial charge in [0, 0.05) is 43.1 Å². The number of hydrogen-bond donors (Lipinski definition) is 2. The molecule has 9 nitrogen and oxygen atoms in total. The van der Waals surface area contributed by atoms with E-state index in [1.54, 1.807) is 12.0 Å². The molecule has 0 unspecified atom stereocenters. The normalized spacial score (nSPS) is 19.7. The van der Waals surface area contributed by atoms with Gasteiger partial charge < -0.3 is 19.4 Å². The Hall–Kier alpha value is -2.91. The van der Waals surface area contributed by atoms with Gasteiger partial charge in [-0.2, -0.15) is 5.10 Å². The third-order valence-electron chi connectivity index (χ3n) is 7.47. The number of aromatic nitrogens is 4. The minimum Gasteiger partial charge on any atom is -0.494 e. The summed E-state index contributed by atoms with van der Waals surface area (Å²) < 4.78 is 11.1. The van der Waals surface area contributed by atoms with Crippen molar-refractivity contribution < 1.29 is 14.3 Å². The Kier molecular flexibility index (Phi) is 6.31. The number of aryl methyl sites for hydroxylation is 1. The number of amides is 1. The number of anilines is 1. The number of fused-ring (bicyclic) bond motifs is 2. The van der Waals surface area contributed by atoms with E-state index < -0.39 is 0 Å². The molecule has 1 amide bonds. The van der Waals surface area contributed by atoms with E-state index in [0.29, 0.717) is 24.9 Å². The molecule has 3 heterocycles. The number of aromatic amines is 2. The highest BCUT2D eigenvalue weighted by Crippen LogP contribution is 2.36. The highest BCUT2D eigenvalue weighted by atomic mass is 16.5. The zero-order valence-electron chi connectivity index (χ0n) is 20.5. The third-order valence-corrected chi connectivity index (χ3v) is 7.47. The maximum absolute atomic E-state index is 13.3. The zero-order valence-corrected chi connectivity index (χ0v) is 20.5. The van der Waals surface area contributed by atoms with E-state index in [-0.39, 0.29) is 11.9 Å². The van der Waals surface area contributed by atoms with Crippen LogP contribution in [0.2, 0.25) is 0 Å². The van der Waals surface area contributed by atoms with E-state index in [1.165, 1.54) is 24.1 Å². The SMILES string of the molecule is CC[C@H]1CCc2[nH]nc(-c3nc4c(OC)cc(N(C)C(=O)[C@H](C)N5CCOCC5)cc4[nH]3)c2C1. The first-order chi connectivity index (χ1) is 16.5. The highest BCUT2D eigenvalue weighted by molar-refractivity contribution is 5.99. The second-order valence-corrected chi connectivity index (χ2v) is 9.40. The van der Waals surface area contributed by atoms with Crippen molar-refractivity contribution in [3.05, 3.63) is 23.4 Å². The van der Waals surface area contributed by atoms with E-state index >= 15 is 0 Å². The number of imidazole rings is 1. The molecular formula is C25H34N6O3. The lowest BCUT2D eigenvalue weighted by Crippen LogP contribution is -2.50. The second kappa shape index (κ2) is 9.38. The third kappa shape index (κ3) is 4.07. The van der Waals surface area contributed by atoms with Crippen molar-refractivity contribution >= 4 is 22.6 Å². The molecule has 34 heavy (non-hydrogen) atoms. The summed E-state index contributed by atoms with van der Waals surface area (Å²) in [5.74, 6) is 2.08. The van der Waals surface area contributed by atoms with Gasteiger partial charge in [0.1, 0.15) is 17.0 Å². The summed E-state index contributed by atoms with van der Waals surface area (Å²) in [5, 5.41) is 7.83. The first-order valence-corrected chi connectivity index (χ1v) is 12.2. The number of nitrogens with zero attached hydrogens (tertiary/aromatic N) is 4. The van der Waals surface area contributed by atoms with E-state index in [0.717, 1.165) is 54.2 Å². The van der Waals surface area contributed by atoms with Crippen LogP contribution >= 0.6 is 0 Å². The summed E-state index contributed by atoms with van der Waals surface area (Å²) in [6.07, 6.45) is 4.42. The number of carbonyl (C=O) groups excluding carboxylic acids is 1. The van der Waals surface area contributed by atoms with Crippen LogP contribution < -0.4 is 9.64 Å². The van der Waals surface area contributed by atoms with Gasteiger partial charge in [0.25, 0.3) is 0 Å². The Balaban J connectivity index is 1.46. The number of morpholine rings is 1. The maximum Gasteiger partial charge on any atom is 0.243 e. The minimum atomic E-state index is -0.227. The van der Waals surface area contributed by atoms with E-state index in [2.05, 4.69) is 27.0 Å². The second-order valence-electron chi connectivity index (χ2n) is 9.40. The Labute approximate surface area is 199 Å². The molecule has 0 radical (unpaired) electrons. The van der Waals surface area contributed by atoms with Gasteiger partial charge in [-0.1, -0.05) is 13.3 Å². The van der Waals surface area contributed by atoms with Crippen LogP contribution in [0.15, 0.2) is 12.1 Å². The van der Waals surface area contributed by atoms with Crippen LogP contribution in [0.3, 0.4) is 0 Å². The van der Waals surface area contributed by atoms with Gasteiger partial charge in [-0.3, -0.25) is 14.8 Å². The molecule has 2 aliphatic rings. The predicted octanol–water partition coefficient (Wildman–Crippen LogP) is 3.16. The van der Waals surface area contributed by atoms with E-state index in [1.807, 2.05) is 26.1 Å². The number of hydrogen-bond acceptors (Lipinski definition) is 6. The van der Waals surface area contributed by atoms with Gasteiger partial charge in [-0.15, -0.1) is 0 Å². The number of likely N-dealkylation sites (N-methyl/N-ethyl adjacent to an activating group) is 1. The average Bonchev–Trinajstić information content (AvgIpc) is 3.50. The molecule has 1 aliphatic heterocycles. The molecule has 2 atom stereocenters. The number of nitrogens with one attached hydrogen (secondary N) is 2. The van der Waals surface area contributed by atoms with Gasteiger partial charge >= 0.3 is 0 Å². The first-order valence-electron chi connectivity index (χ1n) is 12.2. The van der Waals surface area contributed by atoms with Gasteiger partial charge in [0.05, 0.1) is 31.9 Å². The monoisotopic (exact) mass is 466 g/mol. The van der Waals surface area contributed by atoms with Crippen molar-refractivity contribution in [1.82, 2.24) is 25.1 Å². The fourth-order valence-electron chi connectivity index (χ4n) is 5.17. The lowest BCUT2D eigenvalue weighted by Gasteiger charge is -2.33. The summed E-state index contributed by atoms with van der Waals surface area (Å²) in [6, 6.07) is 3.62. The van der Waals surface area contributed by atoms with E-state index in [9.17, 15) is 4.79 Å². The molecule has 3 aromatic rings. The maximum atomic E-state index is 13.3. The van der Waals surface area contributed by atoms with Crippen LogP contribution in [-0.4, -0.2) is 77.5 Å². The summed E-state index contributed by atoms with van der Waals surface area (Å²) in [4.78, 5) is 25.4. The number of H-pyrrole nitrogens is 2. The number of ether oxygens (including phenoxy) is 2. The molecule has 2 N–H and O–H groups in total. The standard InChI is InChI=1S/C25H34N6O3/c1-5-16-6-7-19-18(12-16)22(29-28-19)24-26-20-13-17(14-21(33-4)23(20)27-24)30(3)25(32)15(2)31-8-10-34-11-9-31/h13-16H,5-12H2,1-4H3,(H,26,27)(H,28,29)/t15-,16-/m0/s1.